The summed E-state index contributed by atoms with van der Waals surface area (Å²) in [6.07, 6.45) is 0. The molecule has 38 heavy (non-hydrogen) atoms. The summed E-state index contributed by atoms with van der Waals surface area (Å²) in [5, 5.41) is 7.09. The summed E-state index contributed by atoms with van der Waals surface area (Å²) in [6, 6.07) is 25.7. The predicted octanol–water partition coefficient (Wildman–Crippen LogP) is 7.55. The third-order valence-corrected chi connectivity index (χ3v) is 6.68. The molecule has 0 saturated carbocycles. The monoisotopic (exact) mass is 560 g/mol. The number of nitrogens with one attached hydrogen (secondary N) is 3. The zero-order chi connectivity index (χ0) is 26.6. The van der Waals surface area contributed by atoms with Crippen LogP contribution in [0.3, 0.4) is 0 Å². The zero-order valence-corrected chi connectivity index (χ0v) is 22.5. The Kier molecular flexibility index (Phi) is 7.60. The number of nitrogens with zero attached hydrogens (tertiary/aromatic N) is 1. The highest BCUT2D eigenvalue weighted by Gasteiger charge is 2.12. The van der Waals surface area contributed by atoms with Gasteiger partial charge in [-0.3, -0.25) is 10.1 Å². The molecule has 1 aromatic heterocycles. The number of imidazole rings is 1. The third-order valence-electron chi connectivity index (χ3n) is 5.89. The van der Waals surface area contributed by atoms with Gasteiger partial charge in [-0.2, -0.15) is 0 Å². The number of para-hydroxylation sites is 2. The molecule has 6 nitrogen and oxygen atoms in total. The van der Waals surface area contributed by atoms with Crippen molar-refractivity contribution in [3.8, 4) is 17.1 Å². The van der Waals surface area contributed by atoms with Crippen LogP contribution < -0.4 is 15.4 Å². The van der Waals surface area contributed by atoms with Gasteiger partial charge < -0.3 is 15.0 Å². The molecule has 5 aromatic rings. The maximum atomic E-state index is 12.7. The molecule has 0 bridgehead atoms. The van der Waals surface area contributed by atoms with Crippen molar-refractivity contribution in [1.29, 1.82) is 0 Å². The molecule has 0 atom stereocenters. The standard InChI is InChI=1S/C29H22Cl2N4O2S/c1-17-6-11-21(15-23(17)27-33-25-4-2-3-5-26(25)34-27)32-29(38)35-28(36)18-8-12-22(13-9-18)37-16-19-7-10-20(30)14-24(19)31/h2-15H,16H2,1H3,(H,33,34)(H2,32,35,36,38). The van der Waals surface area contributed by atoms with Gasteiger partial charge in [0.05, 0.1) is 11.0 Å². The average molecular weight is 561 g/mol. The van der Waals surface area contributed by atoms with Crippen LogP contribution in [0.2, 0.25) is 10.0 Å². The number of carbonyl (C=O) groups excluding carboxylic acids is 1. The second-order valence-corrected chi connectivity index (χ2v) is 9.84. The quantitative estimate of drug-likeness (QED) is 0.187. The summed E-state index contributed by atoms with van der Waals surface area (Å²) in [5.41, 5.74) is 5.86. The molecule has 1 heterocycles. The zero-order valence-electron chi connectivity index (χ0n) is 20.2. The van der Waals surface area contributed by atoms with E-state index in [9.17, 15) is 4.79 Å². The summed E-state index contributed by atoms with van der Waals surface area (Å²) in [5.74, 6) is 1.04. The Balaban J connectivity index is 1.20. The van der Waals surface area contributed by atoms with Crippen molar-refractivity contribution >= 4 is 63.2 Å². The van der Waals surface area contributed by atoms with Gasteiger partial charge in [0.1, 0.15) is 18.2 Å². The lowest BCUT2D eigenvalue weighted by molar-refractivity contribution is 0.0977. The van der Waals surface area contributed by atoms with E-state index in [0.717, 1.165) is 39.2 Å². The van der Waals surface area contributed by atoms with E-state index in [0.29, 0.717) is 21.4 Å². The smallest absolute Gasteiger partial charge is 0.257 e. The molecule has 9 heteroatoms. The average Bonchev–Trinajstić information content (AvgIpc) is 3.34. The molecular formula is C29H22Cl2N4O2S. The summed E-state index contributed by atoms with van der Waals surface area (Å²) >= 11 is 17.5. The van der Waals surface area contributed by atoms with Gasteiger partial charge in [0.15, 0.2) is 5.11 Å². The fourth-order valence-electron chi connectivity index (χ4n) is 3.88. The molecule has 3 N–H and O–H groups in total. The van der Waals surface area contributed by atoms with Gasteiger partial charge in [-0.25, -0.2) is 4.98 Å². The minimum atomic E-state index is -0.334. The van der Waals surface area contributed by atoms with Crippen LogP contribution in [0.4, 0.5) is 5.69 Å². The normalized spacial score (nSPS) is 10.8. The second kappa shape index (κ2) is 11.2. The topological polar surface area (TPSA) is 79.0 Å². The number of thiocarbonyl (C=S) groups is 1. The van der Waals surface area contributed by atoms with Crippen molar-refractivity contribution in [2.45, 2.75) is 13.5 Å². The van der Waals surface area contributed by atoms with E-state index < -0.39 is 0 Å². The fraction of sp³-hybridized carbons (Fsp3) is 0.0690. The number of fused-ring (bicyclic) bond motifs is 1. The molecule has 0 fully saturated rings. The number of ether oxygens (including phenoxy) is 1. The van der Waals surface area contributed by atoms with E-state index in [1.807, 2.05) is 55.5 Å². The van der Waals surface area contributed by atoms with Gasteiger partial charge in [0, 0.05) is 32.4 Å². The molecule has 0 aliphatic rings. The SMILES string of the molecule is Cc1ccc(NC(=S)NC(=O)c2ccc(OCc3ccc(Cl)cc3Cl)cc2)cc1-c1nc2ccccc2[nH]1. The molecule has 1 amide bonds. The minimum Gasteiger partial charge on any atom is -0.489 e. The summed E-state index contributed by atoms with van der Waals surface area (Å²) in [7, 11) is 0. The van der Waals surface area contributed by atoms with Gasteiger partial charge in [0.25, 0.3) is 5.91 Å². The highest BCUT2D eigenvalue weighted by atomic mass is 35.5. The number of hydrogen-bond donors (Lipinski definition) is 3. The van der Waals surface area contributed by atoms with Crippen LogP contribution in [0.1, 0.15) is 21.5 Å². The molecule has 190 valence electrons. The van der Waals surface area contributed by atoms with Crippen LogP contribution in [0, 0.1) is 6.92 Å². The fourth-order valence-corrected chi connectivity index (χ4v) is 4.55. The lowest BCUT2D eigenvalue weighted by atomic mass is 10.1. The Hall–Kier alpha value is -3.91. The first-order valence-electron chi connectivity index (χ1n) is 11.7. The van der Waals surface area contributed by atoms with E-state index in [2.05, 4.69) is 20.6 Å². The lowest BCUT2D eigenvalue weighted by Crippen LogP contribution is -2.34. The van der Waals surface area contributed by atoms with Crippen molar-refractivity contribution in [1.82, 2.24) is 15.3 Å². The summed E-state index contributed by atoms with van der Waals surface area (Å²) < 4.78 is 5.78. The van der Waals surface area contributed by atoms with E-state index in [1.54, 1.807) is 36.4 Å². The van der Waals surface area contributed by atoms with Crippen LogP contribution in [0.5, 0.6) is 5.75 Å². The molecule has 0 radical (unpaired) electrons. The molecule has 5 rings (SSSR count). The van der Waals surface area contributed by atoms with Crippen molar-refractivity contribution in [3.05, 3.63) is 112 Å². The van der Waals surface area contributed by atoms with Crippen LogP contribution in [-0.2, 0) is 6.61 Å². The van der Waals surface area contributed by atoms with Crippen LogP contribution in [-0.4, -0.2) is 21.0 Å². The maximum Gasteiger partial charge on any atom is 0.257 e. The highest BCUT2D eigenvalue weighted by Crippen LogP contribution is 2.27. The Labute approximate surface area is 235 Å². The van der Waals surface area contributed by atoms with Gasteiger partial charge in [0.2, 0.25) is 0 Å². The van der Waals surface area contributed by atoms with Crippen molar-refractivity contribution in [2.75, 3.05) is 5.32 Å². The predicted molar refractivity (Wildman–Crippen MR) is 157 cm³/mol. The van der Waals surface area contributed by atoms with E-state index >= 15 is 0 Å². The van der Waals surface area contributed by atoms with Crippen LogP contribution >= 0.6 is 35.4 Å². The lowest BCUT2D eigenvalue weighted by Gasteiger charge is -2.12. The molecule has 0 saturated heterocycles. The Bertz CT molecular complexity index is 1620. The number of H-pyrrole nitrogens is 1. The molecule has 4 aromatic carbocycles. The maximum absolute atomic E-state index is 12.7. The number of carbonyl (C=O) groups is 1. The van der Waals surface area contributed by atoms with Crippen LogP contribution in [0.15, 0.2) is 84.9 Å². The Morgan fingerprint density at radius 1 is 1.00 bits per heavy atom. The first-order valence-corrected chi connectivity index (χ1v) is 12.9. The van der Waals surface area contributed by atoms with Gasteiger partial charge in [-0.1, -0.05) is 47.5 Å². The van der Waals surface area contributed by atoms with Gasteiger partial charge >= 0.3 is 0 Å². The number of halogens is 2. The molecular weight excluding hydrogens is 539 g/mol. The number of aromatic amines is 1. The number of aryl methyl sites for hydroxylation is 1. The molecule has 0 spiro atoms. The summed E-state index contributed by atoms with van der Waals surface area (Å²) in [4.78, 5) is 20.8. The largest absolute Gasteiger partial charge is 0.489 e. The van der Waals surface area contributed by atoms with Crippen molar-refractivity contribution in [3.63, 3.8) is 0 Å². The summed E-state index contributed by atoms with van der Waals surface area (Å²) in [6.45, 7) is 2.30. The molecule has 0 unspecified atom stereocenters. The number of amides is 1. The second-order valence-electron chi connectivity index (χ2n) is 8.59. The van der Waals surface area contributed by atoms with E-state index in [4.69, 9.17) is 40.2 Å². The number of anilines is 1. The first kappa shape index (κ1) is 25.7. The first-order chi connectivity index (χ1) is 18.4. The number of rotatable bonds is 6. The minimum absolute atomic E-state index is 0.187. The van der Waals surface area contributed by atoms with Crippen LogP contribution in [0.25, 0.3) is 22.4 Å². The van der Waals surface area contributed by atoms with Gasteiger partial charge in [-0.05, 0) is 85.4 Å². The number of aromatic nitrogens is 2. The number of hydrogen-bond acceptors (Lipinski definition) is 4. The van der Waals surface area contributed by atoms with Crippen molar-refractivity contribution < 1.29 is 9.53 Å². The van der Waals surface area contributed by atoms with E-state index in [-0.39, 0.29) is 17.6 Å². The Morgan fingerprint density at radius 2 is 1.79 bits per heavy atom. The van der Waals surface area contributed by atoms with E-state index in [1.165, 1.54) is 0 Å². The molecule has 0 aliphatic heterocycles. The number of benzene rings is 4. The third kappa shape index (κ3) is 5.97. The molecule has 0 aliphatic carbocycles. The Morgan fingerprint density at radius 3 is 2.55 bits per heavy atom. The van der Waals surface area contributed by atoms with Crippen molar-refractivity contribution in [2.24, 2.45) is 0 Å². The highest BCUT2D eigenvalue weighted by molar-refractivity contribution is 7.80. The van der Waals surface area contributed by atoms with Gasteiger partial charge in [-0.15, -0.1) is 0 Å².